The number of fused-ring (bicyclic) bond motifs is 1. The van der Waals surface area contributed by atoms with Crippen molar-refractivity contribution >= 4 is 24.3 Å². The molecule has 0 aliphatic rings. The van der Waals surface area contributed by atoms with E-state index in [0.717, 1.165) is 10.8 Å². The number of rotatable bonds is 0. The van der Waals surface area contributed by atoms with E-state index in [2.05, 4.69) is 0 Å². The summed E-state index contributed by atoms with van der Waals surface area (Å²) in [6.07, 6.45) is 0. The molecule has 0 heterocycles. The molecule has 0 radical (unpaired) electrons. The highest BCUT2D eigenvalue weighted by molar-refractivity contribution is 7.59. The Labute approximate surface area is 78.1 Å². The largest absolute Gasteiger partial charge is 0.507 e. The Morgan fingerprint density at radius 3 is 2.25 bits per heavy atom. The zero-order chi connectivity index (χ0) is 7.68. The molecule has 1 N–H and O–H groups in total. The molecule has 0 unspecified atom stereocenters. The molecule has 0 saturated heterocycles. The van der Waals surface area contributed by atoms with Gasteiger partial charge in [-0.2, -0.15) is 13.5 Å². The molecule has 0 aliphatic heterocycles. The Bertz CT molecular complexity index is 379. The van der Waals surface area contributed by atoms with E-state index >= 15 is 0 Å². The summed E-state index contributed by atoms with van der Waals surface area (Å²) in [5.41, 5.74) is 0. The van der Waals surface area contributed by atoms with Crippen LogP contribution < -0.4 is 0 Å². The Hall–Kier alpha value is -1.15. The van der Waals surface area contributed by atoms with Crippen LogP contribution in [0.5, 0.6) is 5.75 Å². The summed E-state index contributed by atoms with van der Waals surface area (Å²) in [4.78, 5) is 0. The van der Waals surface area contributed by atoms with Gasteiger partial charge in [-0.05, 0) is 11.5 Å². The van der Waals surface area contributed by atoms with Gasteiger partial charge in [0.1, 0.15) is 5.75 Å². The minimum absolute atomic E-state index is 0. The molecule has 0 bridgehead atoms. The van der Waals surface area contributed by atoms with Gasteiger partial charge in [0.2, 0.25) is 0 Å². The normalized spacial score (nSPS) is 9.33. The van der Waals surface area contributed by atoms with Crippen LogP contribution in [0.15, 0.2) is 42.5 Å². The highest BCUT2D eigenvalue weighted by Gasteiger charge is 1.94. The summed E-state index contributed by atoms with van der Waals surface area (Å²) in [5.74, 6) is 0.350. The lowest BCUT2D eigenvalue weighted by Crippen LogP contribution is -1.70. The monoisotopic (exact) mass is 178 g/mol. The van der Waals surface area contributed by atoms with Crippen molar-refractivity contribution in [1.29, 1.82) is 0 Å². The molecule has 0 aromatic heterocycles. The third kappa shape index (κ3) is 1.38. The third-order valence-electron chi connectivity index (χ3n) is 1.77. The van der Waals surface area contributed by atoms with Crippen molar-refractivity contribution in [2.24, 2.45) is 0 Å². The maximum absolute atomic E-state index is 9.37. The fourth-order valence-electron chi connectivity index (χ4n) is 1.21. The molecule has 0 amide bonds. The number of benzene rings is 2. The second-order valence-corrected chi connectivity index (χ2v) is 2.50. The van der Waals surface area contributed by atoms with Crippen molar-refractivity contribution < 1.29 is 5.11 Å². The number of phenolic OH excluding ortho intramolecular Hbond substituents is 1. The van der Waals surface area contributed by atoms with Crippen LogP contribution in [0.4, 0.5) is 0 Å². The van der Waals surface area contributed by atoms with Gasteiger partial charge in [0.15, 0.2) is 0 Å². The standard InChI is InChI=1S/C10H8O.H2S/c11-10-7-3-5-8-4-1-2-6-9(8)10;/h1-7,11H;1H2. The van der Waals surface area contributed by atoms with Gasteiger partial charge in [0, 0.05) is 5.39 Å². The van der Waals surface area contributed by atoms with E-state index < -0.39 is 0 Å². The molecule has 0 spiro atoms. The smallest absolute Gasteiger partial charge is 0.123 e. The van der Waals surface area contributed by atoms with E-state index in [4.69, 9.17) is 0 Å². The van der Waals surface area contributed by atoms with Gasteiger partial charge < -0.3 is 5.11 Å². The topological polar surface area (TPSA) is 20.2 Å². The van der Waals surface area contributed by atoms with E-state index in [-0.39, 0.29) is 13.5 Å². The van der Waals surface area contributed by atoms with Crippen LogP contribution in [-0.4, -0.2) is 5.11 Å². The summed E-state index contributed by atoms with van der Waals surface area (Å²) in [5, 5.41) is 11.4. The summed E-state index contributed by atoms with van der Waals surface area (Å²) >= 11 is 0. The molecule has 2 heteroatoms. The number of phenols is 1. The first-order valence-corrected chi connectivity index (χ1v) is 3.54. The van der Waals surface area contributed by atoms with Crippen LogP contribution in [0.1, 0.15) is 0 Å². The van der Waals surface area contributed by atoms with Gasteiger partial charge in [-0.1, -0.05) is 36.4 Å². The lowest BCUT2D eigenvalue weighted by molar-refractivity contribution is 0.481. The SMILES string of the molecule is Oc1cccc2ccccc12.S. The molecule has 12 heavy (non-hydrogen) atoms. The molecule has 1 nitrogen and oxygen atoms in total. The van der Waals surface area contributed by atoms with Crippen molar-refractivity contribution in [3.05, 3.63) is 42.5 Å². The van der Waals surface area contributed by atoms with Gasteiger partial charge in [0.25, 0.3) is 0 Å². The molecule has 62 valence electrons. The molecule has 0 fully saturated rings. The number of hydrogen-bond acceptors (Lipinski definition) is 1. The first-order chi connectivity index (χ1) is 5.38. The van der Waals surface area contributed by atoms with Crippen molar-refractivity contribution in [3.8, 4) is 5.75 Å². The summed E-state index contributed by atoms with van der Waals surface area (Å²) < 4.78 is 0. The lowest BCUT2D eigenvalue weighted by Gasteiger charge is -1.97. The molecular weight excluding hydrogens is 168 g/mol. The maximum Gasteiger partial charge on any atom is 0.123 e. The summed E-state index contributed by atoms with van der Waals surface area (Å²) in [6, 6.07) is 13.3. The van der Waals surface area contributed by atoms with E-state index in [1.165, 1.54) is 0 Å². The second kappa shape index (κ2) is 3.50. The zero-order valence-corrected chi connectivity index (χ0v) is 7.49. The van der Waals surface area contributed by atoms with Crippen LogP contribution in [0.3, 0.4) is 0 Å². The average Bonchev–Trinajstić information content (AvgIpc) is 2.06. The Morgan fingerprint density at radius 1 is 0.833 bits per heavy atom. The second-order valence-electron chi connectivity index (χ2n) is 2.50. The van der Waals surface area contributed by atoms with Crippen LogP contribution in [-0.2, 0) is 0 Å². The highest BCUT2D eigenvalue weighted by Crippen LogP contribution is 2.22. The highest BCUT2D eigenvalue weighted by atomic mass is 32.1. The van der Waals surface area contributed by atoms with E-state index in [1.807, 2.05) is 36.4 Å². The molecule has 2 rings (SSSR count). The van der Waals surface area contributed by atoms with Crippen LogP contribution >= 0.6 is 13.5 Å². The van der Waals surface area contributed by atoms with Gasteiger partial charge in [-0.3, -0.25) is 0 Å². The Balaban J connectivity index is 0.000000720. The number of aromatic hydroxyl groups is 1. The predicted molar refractivity (Wildman–Crippen MR) is 56.0 cm³/mol. The van der Waals surface area contributed by atoms with Crippen molar-refractivity contribution in [2.45, 2.75) is 0 Å². The third-order valence-corrected chi connectivity index (χ3v) is 1.77. The zero-order valence-electron chi connectivity index (χ0n) is 6.49. The van der Waals surface area contributed by atoms with Gasteiger partial charge >= 0.3 is 0 Å². The minimum Gasteiger partial charge on any atom is -0.507 e. The molecule has 0 aliphatic carbocycles. The fraction of sp³-hybridized carbons (Fsp3) is 0. The lowest BCUT2D eigenvalue weighted by atomic mass is 10.1. The molecule has 0 atom stereocenters. The molecule has 2 aromatic rings. The fourth-order valence-corrected chi connectivity index (χ4v) is 1.21. The molecule has 2 aromatic carbocycles. The average molecular weight is 178 g/mol. The van der Waals surface area contributed by atoms with Gasteiger partial charge in [-0.25, -0.2) is 0 Å². The van der Waals surface area contributed by atoms with E-state index in [9.17, 15) is 5.11 Å². The van der Waals surface area contributed by atoms with Crippen LogP contribution in [0.2, 0.25) is 0 Å². The summed E-state index contributed by atoms with van der Waals surface area (Å²) in [6.45, 7) is 0. The first kappa shape index (κ1) is 8.94. The van der Waals surface area contributed by atoms with Crippen molar-refractivity contribution in [2.75, 3.05) is 0 Å². The first-order valence-electron chi connectivity index (χ1n) is 3.54. The van der Waals surface area contributed by atoms with Crippen LogP contribution in [0.25, 0.3) is 10.8 Å². The maximum atomic E-state index is 9.37. The Kier molecular flexibility index (Phi) is 2.61. The summed E-state index contributed by atoms with van der Waals surface area (Å²) in [7, 11) is 0. The van der Waals surface area contributed by atoms with Crippen molar-refractivity contribution in [3.63, 3.8) is 0 Å². The molecule has 0 saturated carbocycles. The Morgan fingerprint density at radius 2 is 1.50 bits per heavy atom. The molecular formula is C10H10OS. The van der Waals surface area contributed by atoms with Gasteiger partial charge in [0.05, 0.1) is 0 Å². The van der Waals surface area contributed by atoms with E-state index in [0.29, 0.717) is 5.75 Å². The number of hydrogen-bond donors (Lipinski definition) is 1. The van der Waals surface area contributed by atoms with Gasteiger partial charge in [-0.15, -0.1) is 0 Å². The van der Waals surface area contributed by atoms with Crippen LogP contribution in [0, 0.1) is 0 Å². The minimum atomic E-state index is 0. The quantitative estimate of drug-likeness (QED) is 0.657. The predicted octanol–water partition coefficient (Wildman–Crippen LogP) is 2.66. The van der Waals surface area contributed by atoms with Crippen molar-refractivity contribution in [1.82, 2.24) is 0 Å². The van der Waals surface area contributed by atoms with E-state index in [1.54, 1.807) is 6.07 Å².